The normalized spacial score (nSPS) is 26.4. The molecule has 0 aromatic rings. The van der Waals surface area contributed by atoms with Crippen molar-refractivity contribution >= 4 is 6.16 Å². The van der Waals surface area contributed by atoms with Crippen molar-refractivity contribution in [3.63, 3.8) is 0 Å². The van der Waals surface area contributed by atoms with Gasteiger partial charge in [-0.2, -0.15) is 0 Å². The number of hydrogen-bond donors (Lipinski definition) is 0. The van der Waals surface area contributed by atoms with Gasteiger partial charge >= 0.3 is 6.16 Å². The number of likely N-dealkylation sites (N-methyl/N-ethyl adjacent to an activating group) is 1. The first-order valence-corrected chi connectivity index (χ1v) is 5.65. The summed E-state index contributed by atoms with van der Waals surface area (Å²) < 4.78 is 10.1. The van der Waals surface area contributed by atoms with Crippen molar-refractivity contribution in [3.8, 4) is 0 Å². The zero-order chi connectivity index (χ0) is 11.3. The monoisotopic (exact) mass is 215 g/mol. The summed E-state index contributed by atoms with van der Waals surface area (Å²) in [6.07, 6.45) is 3.85. The molecule has 0 bridgehead atoms. The Bertz CT molecular complexity index is 206. The van der Waals surface area contributed by atoms with Crippen LogP contribution in [-0.2, 0) is 9.47 Å². The summed E-state index contributed by atoms with van der Waals surface area (Å²) in [5, 5.41) is 0. The molecule has 4 heteroatoms. The molecule has 88 valence electrons. The van der Waals surface area contributed by atoms with Gasteiger partial charge in [-0.1, -0.05) is 6.42 Å². The SMILES string of the molecule is CCOC(=O)OC1CCCCC1N(C)C. The van der Waals surface area contributed by atoms with Crippen molar-refractivity contribution in [2.45, 2.75) is 44.8 Å². The third-order valence-electron chi connectivity index (χ3n) is 2.84. The fraction of sp³-hybridized carbons (Fsp3) is 0.909. The van der Waals surface area contributed by atoms with Gasteiger partial charge in [-0.15, -0.1) is 0 Å². The number of nitrogens with zero attached hydrogens (tertiary/aromatic N) is 1. The number of hydrogen-bond acceptors (Lipinski definition) is 4. The molecule has 0 aliphatic heterocycles. The van der Waals surface area contributed by atoms with E-state index in [1.165, 1.54) is 6.42 Å². The van der Waals surface area contributed by atoms with Gasteiger partial charge in [-0.05, 0) is 40.3 Å². The fourth-order valence-corrected chi connectivity index (χ4v) is 2.08. The van der Waals surface area contributed by atoms with Crippen molar-refractivity contribution in [1.29, 1.82) is 0 Å². The maximum atomic E-state index is 11.2. The van der Waals surface area contributed by atoms with E-state index in [1.807, 2.05) is 14.1 Å². The van der Waals surface area contributed by atoms with Gasteiger partial charge in [0.25, 0.3) is 0 Å². The van der Waals surface area contributed by atoms with Crippen LogP contribution in [0.1, 0.15) is 32.6 Å². The van der Waals surface area contributed by atoms with E-state index in [2.05, 4.69) is 4.90 Å². The Morgan fingerprint density at radius 3 is 2.60 bits per heavy atom. The smallest absolute Gasteiger partial charge is 0.435 e. The molecular formula is C11H21NO3. The first-order valence-electron chi connectivity index (χ1n) is 5.65. The summed E-state index contributed by atoms with van der Waals surface area (Å²) in [6, 6.07) is 0.336. The molecule has 1 saturated carbocycles. The van der Waals surface area contributed by atoms with Gasteiger partial charge in [0.15, 0.2) is 0 Å². The Morgan fingerprint density at radius 1 is 1.33 bits per heavy atom. The van der Waals surface area contributed by atoms with Crippen molar-refractivity contribution in [2.75, 3.05) is 20.7 Å². The lowest BCUT2D eigenvalue weighted by atomic mass is 9.92. The van der Waals surface area contributed by atoms with E-state index in [0.29, 0.717) is 12.6 Å². The van der Waals surface area contributed by atoms with Crippen LogP contribution in [0.15, 0.2) is 0 Å². The second-order valence-corrected chi connectivity index (χ2v) is 4.15. The van der Waals surface area contributed by atoms with Crippen LogP contribution in [0.3, 0.4) is 0 Å². The molecule has 1 aliphatic carbocycles. The minimum absolute atomic E-state index is 0.00667. The summed E-state index contributed by atoms with van der Waals surface area (Å²) in [5.74, 6) is 0. The summed E-state index contributed by atoms with van der Waals surface area (Å²) in [5.41, 5.74) is 0. The zero-order valence-corrected chi connectivity index (χ0v) is 9.86. The Hall–Kier alpha value is -0.770. The quantitative estimate of drug-likeness (QED) is 0.675. The molecule has 0 heterocycles. The highest BCUT2D eigenvalue weighted by molar-refractivity contribution is 5.60. The molecule has 0 N–H and O–H groups in total. The average Bonchev–Trinajstić information content (AvgIpc) is 2.18. The van der Waals surface area contributed by atoms with E-state index in [-0.39, 0.29) is 6.10 Å². The molecular weight excluding hydrogens is 194 g/mol. The van der Waals surface area contributed by atoms with Crippen LogP contribution in [-0.4, -0.2) is 43.9 Å². The van der Waals surface area contributed by atoms with Gasteiger partial charge in [0.1, 0.15) is 6.10 Å². The second-order valence-electron chi connectivity index (χ2n) is 4.15. The Labute approximate surface area is 91.5 Å². The summed E-state index contributed by atoms with van der Waals surface area (Å²) in [4.78, 5) is 13.3. The minimum atomic E-state index is -0.531. The van der Waals surface area contributed by atoms with E-state index < -0.39 is 6.16 Å². The van der Waals surface area contributed by atoms with Crippen LogP contribution in [0, 0.1) is 0 Å². The van der Waals surface area contributed by atoms with E-state index in [1.54, 1.807) is 6.92 Å². The van der Waals surface area contributed by atoms with Gasteiger partial charge < -0.3 is 14.4 Å². The highest BCUT2D eigenvalue weighted by atomic mass is 16.7. The van der Waals surface area contributed by atoms with Crippen molar-refractivity contribution in [3.05, 3.63) is 0 Å². The predicted octanol–water partition coefficient (Wildman–Crippen LogP) is 2.03. The maximum Gasteiger partial charge on any atom is 0.508 e. The summed E-state index contributed by atoms with van der Waals surface area (Å²) in [6.45, 7) is 2.16. The molecule has 2 unspecified atom stereocenters. The number of carbonyl (C=O) groups excluding carboxylic acids is 1. The lowest BCUT2D eigenvalue weighted by Gasteiger charge is -2.35. The number of ether oxygens (including phenoxy) is 2. The highest BCUT2D eigenvalue weighted by Gasteiger charge is 2.30. The Kier molecular flexibility index (Phi) is 4.88. The van der Waals surface area contributed by atoms with Crippen LogP contribution >= 0.6 is 0 Å². The zero-order valence-electron chi connectivity index (χ0n) is 9.86. The lowest BCUT2D eigenvalue weighted by Crippen LogP contribution is -2.43. The van der Waals surface area contributed by atoms with Crippen LogP contribution in [0.4, 0.5) is 4.79 Å². The molecule has 4 nitrogen and oxygen atoms in total. The van der Waals surface area contributed by atoms with Crippen molar-refractivity contribution in [2.24, 2.45) is 0 Å². The topological polar surface area (TPSA) is 38.8 Å². The Morgan fingerprint density at radius 2 is 2.00 bits per heavy atom. The first-order chi connectivity index (χ1) is 7.15. The van der Waals surface area contributed by atoms with Crippen LogP contribution in [0.2, 0.25) is 0 Å². The number of carbonyl (C=O) groups is 1. The molecule has 1 aliphatic rings. The molecule has 0 amide bonds. The molecule has 0 saturated heterocycles. The largest absolute Gasteiger partial charge is 0.508 e. The molecule has 0 aromatic heterocycles. The van der Waals surface area contributed by atoms with Gasteiger partial charge in [-0.25, -0.2) is 4.79 Å². The molecule has 0 aromatic carbocycles. The standard InChI is InChI=1S/C11H21NO3/c1-4-14-11(13)15-10-8-6-5-7-9(10)12(2)3/h9-10H,4-8H2,1-3H3. The van der Waals surface area contributed by atoms with Crippen molar-refractivity contribution in [1.82, 2.24) is 4.90 Å². The van der Waals surface area contributed by atoms with Gasteiger partial charge in [0, 0.05) is 6.04 Å². The van der Waals surface area contributed by atoms with E-state index in [9.17, 15) is 4.79 Å². The number of rotatable bonds is 3. The molecule has 0 spiro atoms. The summed E-state index contributed by atoms with van der Waals surface area (Å²) >= 11 is 0. The highest BCUT2D eigenvalue weighted by Crippen LogP contribution is 2.24. The second kappa shape index (κ2) is 5.95. The van der Waals surface area contributed by atoms with Crippen LogP contribution < -0.4 is 0 Å². The van der Waals surface area contributed by atoms with Gasteiger partial charge in [0.05, 0.1) is 6.61 Å². The van der Waals surface area contributed by atoms with E-state index >= 15 is 0 Å². The third kappa shape index (κ3) is 3.70. The average molecular weight is 215 g/mol. The molecule has 0 radical (unpaired) electrons. The maximum absolute atomic E-state index is 11.2. The molecule has 2 atom stereocenters. The van der Waals surface area contributed by atoms with Crippen LogP contribution in [0.25, 0.3) is 0 Å². The van der Waals surface area contributed by atoms with Crippen molar-refractivity contribution < 1.29 is 14.3 Å². The minimum Gasteiger partial charge on any atom is -0.435 e. The Balaban J connectivity index is 2.45. The lowest BCUT2D eigenvalue weighted by molar-refractivity contribution is -0.0191. The molecule has 1 rings (SSSR count). The summed E-state index contributed by atoms with van der Waals surface area (Å²) in [7, 11) is 4.05. The first kappa shape index (κ1) is 12.3. The third-order valence-corrected chi connectivity index (χ3v) is 2.84. The van der Waals surface area contributed by atoms with E-state index in [4.69, 9.17) is 9.47 Å². The van der Waals surface area contributed by atoms with Crippen LogP contribution in [0.5, 0.6) is 0 Å². The van der Waals surface area contributed by atoms with Gasteiger partial charge in [0.2, 0.25) is 0 Å². The van der Waals surface area contributed by atoms with E-state index in [0.717, 1.165) is 19.3 Å². The fourth-order valence-electron chi connectivity index (χ4n) is 2.08. The molecule has 1 fully saturated rings. The van der Waals surface area contributed by atoms with Gasteiger partial charge in [-0.3, -0.25) is 0 Å². The molecule has 15 heavy (non-hydrogen) atoms. The predicted molar refractivity (Wildman–Crippen MR) is 57.8 cm³/mol.